The highest BCUT2D eigenvalue weighted by Gasteiger charge is 2.23. The van der Waals surface area contributed by atoms with E-state index < -0.39 is 0 Å². The predicted molar refractivity (Wildman–Crippen MR) is 116 cm³/mol. The second kappa shape index (κ2) is 10.7. The van der Waals surface area contributed by atoms with Gasteiger partial charge in [-0.1, -0.05) is 52.0 Å². The van der Waals surface area contributed by atoms with E-state index in [0.29, 0.717) is 11.8 Å². The maximum absolute atomic E-state index is 4.56. The standard InChI is InChI=1S/C24H38N2/c1-6-18(2)16-26-17-21(5)24-10-8-7-9-23(24)20(4)15-19(3)22-11-13-25-14-12-22/h7-10,16-20,22,25H,6,11-15H2,1-5H3. The van der Waals surface area contributed by atoms with Gasteiger partial charge in [0.05, 0.1) is 0 Å². The highest BCUT2D eigenvalue weighted by atomic mass is 14.9. The van der Waals surface area contributed by atoms with Gasteiger partial charge in [0.2, 0.25) is 0 Å². The Morgan fingerprint density at radius 3 is 2.58 bits per heavy atom. The third kappa shape index (κ3) is 6.09. The molecule has 2 rings (SSSR count). The van der Waals surface area contributed by atoms with Crippen molar-refractivity contribution in [2.24, 2.45) is 22.7 Å². The van der Waals surface area contributed by atoms with E-state index in [0.717, 1.165) is 18.3 Å². The van der Waals surface area contributed by atoms with E-state index in [1.54, 1.807) is 0 Å². The Morgan fingerprint density at radius 1 is 1.19 bits per heavy atom. The molecule has 0 aromatic heterocycles. The van der Waals surface area contributed by atoms with E-state index >= 15 is 0 Å². The molecule has 1 fully saturated rings. The van der Waals surface area contributed by atoms with Gasteiger partial charge in [-0.3, -0.25) is 4.99 Å². The third-order valence-corrected chi connectivity index (χ3v) is 6.08. The summed E-state index contributed by atoms with van der Waals surface area (Å²) in [7, 11) is 0. The van der Waals surface area contributed by atoms with Gasteiger partial charge in [-0.25, -0.2) is 0 Å². The first-order valence-corrected chi connectivity index (χ1v) is 10.5. The van der Waals surface area contributed by atoms with Crippen molar-refractivity contribution >= 4 is 11.8 Å². The molecular formula is C24H38N2. The average molecular weight is 355 g/mol. The van der Waals surface area contributed by atoms with E-state index in [4.69, 9.17) is 0 Å². The lowest BCUT2D eigenvalue weighted by Gasteiger charge is -2.30. The number of allylic oxidation sites excluding steroid dienone is 1. The smallest absolute Gasteiger partial charge is 0.0299 e. The van der Waals surface area contributed by atoms with Crippen LogP contribution in [0.2, 0.25) is 0 Å². The van der Waals surface area contributed by atoms with Crippen LogP contribution in [0, 0.1) is 17.8 Å². The van der Waals surface area contributed by atoms with Crippen LogP contribution in [0.25, 0.3) is 5.57 Å². The first-order valence-electron chi connectivity index (χ1n) is 10.5. The summed E-state index contributed by atoms with van der Waals surface area (Å²) in [5.41, 5.74) is 4.10. The Kier molecular flexibility index (Phi) is 8.58. The Hall–Kier alpha value is -1.41. The molecule has 0 amide bonds. The van der Waals surface area contributed by atoms with Crippen molar-refractivity contribution in [3.05, 3.63) is 41.6 Å². The minimum atomic E-state index is 0.541. The molecule has 1 aromatic carbocycles. The van der Waals surface area contributed by atoms with Crippen LogP contribution in [0.5, 0.6) is 0 Å². The van der Waals surface area contributed by atoms with Gasteiger partial charge in [0.15, 0.2) is 0 Å². The monoisotopic (exact) mass is 354 g/mol. The molecule has 1 aliphatic rings. The van der Waals surface area contributed by atoms with Crippen LogP contribution in [-0.4, -0.2) is 19.3 Å². The molecule has 2 heteroatoms. The maximum Gasteiger partial charge on any atom is 0.0299 e. The molecule has 0 bridgehead atoms. The second-order valence-corrected chi connectivity index (χ2v) is 8.28. The SMILES string of the molecule is CCC(C)C=NC=C(C)c1ccccc1C(C)CC(C)C1CCNCC1. The molecule has 3 unspecified atom stereocenters. The largest absolute Gasteiger partial charge is 0.317 e. The summed E-state index contributed by atoms with van der Waals surface area (Å²) >= 11 is 0. The topological polar surface area (TPSA) is 24.4 Å². The lowest BCUT2D eigenvalue weighted by molar-refractivity contribution is 0.254. The van der Waals surface area contributed by atoms with Crippen LogP contribution < -0.4 is 5.32 Å². The predicted octanol–water partition coefficient (Wildman–Crippen LogP) is 6.29. The summed E-state index contributed by atoms with van der Waals surface area (Å²) in [6.07, 6.45) is 9.17. The van der Waals surface area contributed by atoms with Crippen molar-refractivity contribution < 1.29 is 0 Å². The molecule has 0 saturated carbocycles. The molecule has 2 nitrogen and oxygen atoms in total. The zero-order chi connectivity index (χ0) is 18.9. The normalized spacial score (nSPS) is 20.3. The Morgan fingerprint density at radius 2 is 1.88 bits per heavy atom. The molecule has 26 heavy (non-hydrogen) atoms. The number of piperidine rings is 1. The fourth-order valence-corrected chi connectivity index (χ4v) is 4.05. The maximum atomic E-state index is 4.56. The summed E-state index contributed by atoms with van der Waals surface area (Å²) in [5, 5.41) is 3.49. The van der Waals surface area contributed by atoms with Crippen LogP contribution in [0.4, 0.5) is 0 Å². The Labute approximate surface area is 161 Å². The van der Waals surface area contributed by atoms with Crippen molar-refractivity contribution in [3.8, 4) is 0 Å². The zero-order valence-corrected chi connectivity index (χ0v) is 17.5. The first-order chi connectivity index (χ1) is 12.5. The molecule has 3 atom stereocenters. The molecule has 1 heterocycles. The molecule has 144 valence electrons. The van der Waals surface area contributed by atoms with Gasteiger partial charge >= 0.3 is 0 Å². The van der Waals surface area contributed by atoms with Gasteiger partial charge in [0, 0.05) is 12.4 Å². The van der Waals surface area contributed by atoms with Gasteiger partial charge < -0.3 is 5.32 Å². The van der Waals surface area contributed by atoms with Crippen LogP contribution in [0.1, 0.15) is 77.3 Å². The van der Waals surface area contributed by atoms with Crippen molar-refractivity contribution in [2.75, 3.05) is 13.1 Å². The summed E-state index contributed by atoms with van der Waals surface area (Å²) < 4.78 is 0. The van der Waals surface area contributed by atoms with Gasteiger partial charge in [-0.05, 0) is 86.1 Å². The highest BCUT2D eigenvalue weighted by molar-refractivity contribution is 5.69. The van der Waals surface area contributed by atoms with E-state index in [9.17, 15) is 0 Å². The lowest BCUT2D eigenvalue weighted by atomic mass is 9.78. The summed E-state index contributed by atoms with van der Waals surface area (Å²) in [5.74, 6) is 2.78. The number of hydrogen-bond donors (Lipinski definition) is 1. The molecular weight excluding hydrogens is 316 g/mol. The fraction of sp³-hybridized carbons (Fsp3) is 0.625. The molecule has 0 radical (unpaired) electrons. The van der Waals surface area contributed by atoms with E-state index in [-0.39, 0.29) is 0 Å². The summed E-state index contributed by atoms with van der Waals surface area (Å²) in [6.45, 7) is 13.8. The lowest BCUT2D eigenvalue weighted by Crippen LogP contribution is -2.31. The third-order valence-electron chi connectivity index (χ3n) is 6.08. The average Bonchev–Trinajstić information content (AvgIpc) is 2.68. The van der Waals surface area contributed by atoms with Crippen molar-refractivity contribution in [1.82, 2.24) is 5.32 Å². The van der Waals surface area contributed by atoms with Crippen molar-refractivity contribution in [2.45, 2.75) is 66.2 Å². The Balaban J connectivity index is 2.09. The highest BCUT2D eigenvalue weighted by Crippen LogP contribution is 2.34. The number of nitrogens with zero attached hydrogens (tertiary/aromatic N) is 1. The van der Waals surface area contributed by atoms with Crippen LogP contribution in [-0.2, 0) is 0 Å². The molecule has 0 aliphatic carbocycles. The number of aliphatic imine (C=N–C) groups is 1. The number of nitrogens with one attached hydrogen (secondary N) is 1. The van der Waals surface area contributed by atoms with Crippen LogP contribution >= 0.6 is 0 Å². The minimum absolute atomic E-state index is 0.541. The van der Waals surface area contributed by atoms with E-state index in [1.807, 2.05) is 6.20 Å². The van der Waals surface area contributed by atoms with E-state index in [2.05, 4.69) is 75.4 Å². The number of benzene rings is 1. The van der Waals surface area contributed by atoms with Gasteiger partial charge in [-0.2, -0.15) is 0 Å². The van der Waals surface area contributed by atoms with Crippen molar-refractivity contribution in [3.63, 3.8) is 0 Å². The van der Waals surface area contributed by atoms with Gasteiger partial charge in [0.1, 0.15) is 0 Å². The molecule has 1 aromatic rings. The first kappa shape index (κ1) is 20.9. The zero-order valence-electron chi connectivity index (χ0n) is 17.5. The number of hydrogen-bond acceptors (Lipinski definition) is 2. The quantitative estimate of drug-likeness (QED) is 0.545. The number of rotatable bonds is 8. The van der Waals surface area contributed by atoms with E-state index in [1.165, 1.54) is 49.1 Å². The summed E-state index contributed by atoms with van der Waals surface area (Å²) in [4.78, 5) is 4.56. The fourth-order valence-electron chi connectivity index (χ4n) is 4.05. The molecule has 1 N–H and O–H groups in total. The Bertz CT molecular complexity index is 596. The van der Waals surface area contributed by atoms with Crippen molar-refractivity contribution in [1.29, 1.82) is 0 Å². The molecule has 1 saturated heterocycles. The second-order valence-electron chi connectivity index (χ2n) is 8.28. The van der Waals surface area contributed by atoms with Gasteiger partial charge in [0.25, 0.3) is 0 Å². The molecule has 1 aliphatic heterocycles. The van der Waals surface area contributed by atoms with Crippen LogP contribution in [0.3, 0.4) is 0 Å². The van der Waals surface area contributed by atoms with Crippen LogP contribution in [0.15, 0.2) is 35.5 Å². The molecule has 0 spiro atoms. The van der Waals surface area contributed by atoms with Gasteiger partial charge in [-0.15, -0.1) is 0 Å². The minimum Gasteiger partial charge on any atom is -0.317 e. The summed E-state index contributed by atoms with van der Waals surface area (Å²) in [6, 6.07) is 8.90.